The van der Waals surface area contributed by atoms with E-state index in [4.69, 9.17) is 15.2 Å². The molecule has 0 saturated heterocycles. The molecule has 2 aromatic carbocycles. The summed E-state index contributed by atoms with van der Waals surface area (Å²) in [7, 11) is 0. The number of aryl methyl sites for hydroxylation is 1. The molecule has 0 aliphatic carbocycles. The minimum absolute atomic E-state index is 0.253. The topological polar surface area (TPSA) is 44.5 Å². The van der Waals surface area contributed by atoms with Gasteiger partial charge in [0.2, 0.25) is 0 Å². The Balaban J connectivity index is 2.00. The van der Waals surface area contributed by atoms with E-state index in [1.54, 1.807) is 13.0 Å². The number of ether oxygens (including phenoxy) is 2. The van der Waals surface area contributed by atoms with E-state index in [0.29, 0.717) is 30.3 Å². The Morgan fingerprint density at radius 1 is 1.14 bits per heavy atom. The molecule has 0 bridgehead atoms. The van der Waals surface area contributed by atoms with Crippen LogP contribution >= 0.6 is 15.9 Å². The van der Waals surface area contributed by atoms with Crippen LogP contribution in [0.25, 0.3) is 0 Å². The van der Waals surface area contributed by atoms with Crippen molar-refractivity contribution in [3.8, 4) is 11.5 Å². The van der Waals surface area contributed by atoms with Gasteiger partial charge in [0.05, 0.1) is 6.04 Å². The summed E-state index contributed by atoms with van der Waals surface area (Å²) in [4.78, 5) is 0. The zero-order valence-corrected chi connectivity index (χ0v) is 13.1. The molecule has 0 spiro atoms. The van der Waals surface area contributed by atoms with Crippen molar-refractivity contribution in [1.29, 1.82) is 0 Å². The third-order valence-corrected chi connectivity index (χ3v) is 4.24. The van der Waals surface area contributed by atoms with Crippen molar-refractivity contribution in [1.82, 2.24) is 0 Å². The lowest BCUT2D eigenvalue weighted by Gasteiger charge is -2.22. The van der Waals surface area contributed by atoms with Crippen LogP contribution in [0.4, 0.5) is 4.39 Å². The highest BCUT2D eigenvalue weighted by atomic mass is 79.9. The van der Waals surface area contributed by atoms with E-state index < -0.39 is 6.04 Å². The molecule has 0 saturated carbocycles. The Kier molecular flexibility index (Phi) is 3.87. The van der Waals surface area contributed by atoms with Gasteiger partial charge in [-0.3, -0.25) is 0 Å². The zero-order chi connectivity index (χ0) is 15.0. The molecule has 2 aromatic rings. The van der Waals surface area contributed by atoms with Crippen LogP contribution in [0.15, 0.2) is 34.8 Å². The van der Waals surface area contributed by atoms with Crippen molar-refractivity contribution in [2.75, 3.05) is 13.2 Å². The average molecular weight is 352 g/mol. The second-order valence-electron chi connectivity index (χ2n) is 5.00. The fourth-order valence-electron chi connectivity index (χ4n) is 2.30. The first-order chi connectivity index (χ1) is 10.1. The largest absolute Gasteiger partial charge is 0.486 e. The molecule has 3 rings (SSSR count). The maximum atomic E-state index is 13.7. The van der Waals surface area contributed by atoms with E-state index in [1.165, 1.54) is 6.07 Å². The standard InChI is InChI=1S/C16H15BrFNO2/c1-9-2-3-10(6-13(9)18)16(19)11-7-14-15(8-12(11)17)21-5-4-20-14/h2-3,6-8,16H,4-5,19H2,1H3. The molecule has 5 heteroatoms. The minimum atomic E-state index is -0.440. The van der Waals surface area contributed by atoms with Gasteiger partial charge in [0.1, 0.15) is 19.0 Å². The molecule has 0 amide bonds. The lowest BCUT2D eigenvalue weighted by atomic mass is 9.98. The minimum Gasteiger partial charge on any atom is -0.486 e. The highest BCUT2D eigenvalue weighted by molar-refractivity contribution is 9.10. The van der Waals surface area contributed by atoms with Gasteiger partial charge < -0.3 is 15.2 Å². The van der Waals surface area contributed by atoms with Crippen molar-refractivity contribution in [3.05, 3.63) is 57.3 Å². The Bertz CT molecular complexity index is 690. The Hall–Kier alpha value is -1.59. The molecule has 110 valence electrons. The molecule has 21 heavy (non-hydrogen) atoms. The summed E-state index contributed by atoms with van der Waals surface area (Å²) < 4.78 is 25.6. The molecule has 1 aliphatic rings. The Morgan fingerprint density at radius 3 is 2.48 bits per heavy atom. The van der Waals surface area contributed by atoms with Crippen molar-refractivity contribution in [2.45, 2.75) is 13.0 Å². The van der Waals surface area contributed by atoms with E-state index in [-0.39, 0.29) is 5.82 Å². The molecule has 1 heterocycles. The normalized spacial score (nSPS) is 14.9. The van der Waals surface area contributed by atoms with Crippen molar-refractivity contribution >= 4 is 15.9 Å². The van der Waals surface area contributed by atoms with Gasteiger partial charge in [-0.1, -0.05) is 28.1 Å². The summed E-state index contributed by atoms with van der Waals surface area (Å²) in [5, 5.41) is 0. The maximum absolute atomic E-state index is 13.7. The van der Waals surface area contributed by atoms with Gasteiger partial charge in [-0.15, -0.1) is 0 Å². The lowest BCUT2D eigenvalue weighted by molar-refractivity contribution is 0.171. The number of halogens is 2. The van der Waals surface area contributed by atoms with E-state index in [9.17, 15) is 4.39 Å². The second kappa shape index (κ2) is 5.66. The first kappa shape index (κ1) is 14.4. The van der Waals surface area contributed by atoms with Crippen LogP contribution in [-0.4, -0.2) is 13.2 Å². The molecule has 3 nitrogen and oxygen atoms in total. The molecular formula is C16H15BrFNO2. The molecular weight excluding hydrogens is 337 g/mol. The fraction of sp³-hybridized carbons (Fsp3) is 0.250. The van der Waals surface area contributed by atoms with Crippen LogP contribution in [-0.2, 0) is 0 Å². The van der Waals surface area contributed by atoms with Crippen LogP contribution in [0, 0.1) is 12.7 Å². The highest BCUT2D eigenvalue weighted by Gasteiger charge is 2.19. The number of rotatable bonds is 2. The monoisotopic (exact) mass is 351 g/mol. The van der Waals surface area contributed by atoms with Gasteiger partial charge in [0, 0.05) is 4.47 Å². The summed E-state index contributed by atoms with van der Waals surface area (Å²) in [6, 6.07) is 8.30. The van der Waals surface area contributed by atoms with Gasteiger partial charge in [-0.05, 0) is 41.8 Å². The predicted molar refractivity (Wildman–Crippen MR) is 82.3 cm³/mol. The smallest absolute Gasteiger partial charge is 0.162 e. The molecule has 0 aromatic heterocycles. The van der Waals surface area contributed by atoms with Crippen LogP contribution in [0.5, 0.6) is 11.5 Å². The van der Waals surface area contributed by atoms with Crippen LogP contribution < -0.4 is 15.2 Å². The maximum Gasteiger partial charge on any atom is 0.162 e. The van der Waals surface area contributed by atoms with Gasteiger partial charge >= 0.3 is 0 Å². The molecule has 1 unspecified atom stereocenters. The third kappa shape index (κ3) is 2.76. The average Bonchev–Trinajstić information content (AvgIpc) is 2.48. The van der Waals surface area contributed by atoms with Crippen LogP contribution in [0.1, 0.15) is 22.7 Å². The van der Waals surface area contributed by atoms with Gasteiger partial charge in [-0.25, -0.2) is 4.39 Å². The Labute approximate surface area is 131 Å². The number of benzene rings is 2. The van der Waals surface area contributed by atoms with Crippen LogP contribution in [0.2, 0.25) is 0 Å². The van der Waals surface area contributed by atoms with Crippen LogP contribution in [0.3, 0.4) is 0 Å². The van der Waals surface area contributed by atoms with Crippen molar-refractivity contribution in [2.24, 2.45) is 5.73 Å². The zero-order valence-electron chi connectivity index (χ0n) is 11.5. The number of nitrogens with two attached hydrogens (primary N) is 1. The third-order valence-electron chi connectivity index (χ3n) is 3.55. The highest BCUT2D eigenvalue weighted by Crippen LogP contribution is 2.38. The molecule has 2 N–H and O–H groups in total. The first-order valence-electron chi connectivity index (χ1n) is 6.67. The van der Waals surface area contributed by atoms with Gasteiger partial charge in [-0.2, -0.15) is 0 Å². The van der Waals surface area contributed by atoms with E-state index in [2.05, 4.69) is 15.9 Å². The molecule has 0 radical (unpaired) electrons. The number of hydrogen-bond donors (Lipinski definition) is 1. The summed E-state index contributed by atoms with van der Waals surface area (Å²) in [6.45, 7) is 2.78. The molecule has 1 aliphatic heterocycles. The summed E-state index contributed by atoms with van der Waals surface area (Å²) in [5.41, 5.74) is 8.43. The summed E-state index contributed by atoms with van der Waals surface area (Å²) in [5.74, 6) is 1.11. The predicted octanol–water partition coefficient (Wildman–Crippen LogP) is 3.72. The quantitative estimate of drug-likeness (QED) is 0.896. The SMILES string of the molecule is Cc1ccc(C(N)c2cc3c(cc2Br)OCCO3)cc1F. The summed E-state index contributed by atoms with van der Waals surface area (Å²) in [6.07, 6.45) is 0. The van der Waals surface area contributed by atoms with E-state index >= 15 is 0 Å². The first-order valence-corrected chi connectivity index (χ1v) is 7.46. The lowest BCUT2D eigenvalue weighted by Crippen LogP contribution is -2.18. The van der Waals surface area contributed by atoms with Gasteiger partial charge in [0.15, 0.2) is 11.5 Å². The number of fused-ring (bicyclic) bond motifs is 1. The molecule has 1 atom stereocenters. The fourth-order valence-corrected chi connectivity index (χ4v) is 2.87. The summed E-state index contributed by atoms with van der Waals surface area (Å²) >= 11 is 3.50. The van der Waals surface area contributed by atoms with Crippen molar-refractivity contribution < 1.29 is 13.9 Å². The van der Waals surface area contributed by atoms with Gasteiger partial charge in [0.25, 0.3) is 0 Å². The van der Waals surface area contributed by atoms with Crippen molar-refractivity contribution in [3.63, 3.8) is 0 Å². The van der Waals surface area contributed by atoms with E-state index in [0.717, 1.165) is 15.6 Å². The number of hydrogen-bond acceptors (Lipinski definition) is 3. The molecule has 0 fully saturated rings. The van der Waals surface area contributed by atoms with E-state index in [1.807, 2.05) is 18.2 Å². The second-order valence-corrected chi connectivity index (χ2v) is 5.86. The Morgan fingerprint density at radius 2 is 1.81 bits per heavy atom.